The number of thioether (sulfide) groups is 1. The molecular weight excluding hydrogens is 1810 g/mol. The van der Waals surface area contributed by atoms with Crippen molar-refractivity contribution in [2.24, 2.45) is 15.0 Å². The number of rotatable bonds is 46. The van der Waals surface area contributed by atoms with Crippen molar-refractivity contribution in [2.45, 2.75) is 258 Å². The number of nitrogens with zero attached hydrogens (tertiary/aromatic N) is 3. The quantitative estimate of drug-likeness (QED) is 0.0103. The molecule has 0 radical (unpaired) electrons. The fourth-order valence-electron chi connectivity index (χ4n) is 16.5. The molecule has 6 N–H and O–H groups in total. The summed E-state index contributed by atoms with van der Waals surface area (Å²) in [4.78, 5) is 69.2. The number of hydrogen-bond donors (Lipinski definition) is 8. The van der Waals surface area contributed by atoms with Crippen LogP contribution in [-0.4, -0.2) is 76.6 Å². The number of carbonyl (C=O) groups excluding carboxylic acids is 3. The molecule has 6 heterocycles. The Bertz CT molecular complexity index is 5840. The molecule has 10 aromatic carbocycles. The SMILES string of the molecule is CCCCCCCCCCCCCCCCCCS.CCCCCCCCCCCCCCCCCCSc1ccc(-c2[nH]c(O)c3c2C(=O)N=C3c2ccc(Sc3ccccc3)cc2)cc1.O=C1N=C(c2ccc(Cl)cc2)c2c(O)[nH]c(-c3ccc(Cl)cc3)c21.O=C1N=C(c2ccc(Sc3ccccc3)cc2)c2c(O)[nH]c(-c3ccc(Sc4ccccc4)cc3)c21.Sc1ccccc1. The zero-order chi connectivity index (χ0) is 93.9. The van der Waals surface area contributed by atoms with E-state index in [-0.39, 0.29) is 29.5 Å². The van der Waals surface area contributed by atoms with E-state index in [9.17, 15) is 29.7 Å². The van der Waals surface area contributed by atoms with Gasteiger partial charge in [0.2, 0.25) is 0 Å². The molecule has 3 aliphatic rings. The minimum absolute atomic E-state index is 0.0192. The van der Waals surface area contributed by atoms with Gasteiger partial charge in [0.1, 0.15) is 0 Å². The van der Waals surface area contributed by atoms with Crippen molar-refractivity contribution in [1.82, 2.24) is 15.0 Å². The Balaban J connectivity index is 0.000000165. The molecule has 0 atom stereocenters. The molecule has 3 amide bonds. The summed E-state index contributed by atoms with van der Waals surface area (Å²) in [5.41, 5.74) is 10.5. The van der Waals surface area contributed by atoms with Crippen molar-refractivity contribution >= 4 is 130 Å². The zero-order valence-electron chi connectivity index (χ0n) is 77.1. The van der Waals surface area contributed by atoms with Gasteiger partial charge < -0.3 is 30.3 Å². The number of unbranched alkanes of at least 4 members (excludes halogenated alkanes) is 30. The Labute approximate surface area is 831 Å². The Kier molecular flexibility index (Phi) is 43.5. The number of aromatic amines is 3. The van der Waals surface area contributed by atoms with Crippen molar-refractivity contribution in [3.8, 4) is 51.4 Å². The minimum Gasteiger partial charge on any atom is -0.494 e. The van der Waals surface area contributed by atoms with E-state index < -0.39 is 5.91 Å². The number of fused-ring (bicyclic) bond motifs is 3. The van der Waals surface area contributed by atoms with E-state index >= 15 is 0 Å². The largest absolute Gasteiger partial charge is 0.494 e. The van der Waals surface area contributed by atoms with Gasteiger partial charge in [0.25, 0.3) is 17.7 Å². The lowest BCUT2D eigenvalue weighted by molar-refractivity contribution is 0.0998. The first-order valence-electron chi connectivity index (χ1n) is 48.0. The van der Waals surface area contributed by atoms with Gasteiger partial charge in [-0.25, -0.2) is 15.0 Å². The van der Waals surface area contributed by atoms with Crippen LogP contribution in [0.4, 0.5) is 0 Å². The lowest BCUT2D eigenvalue weighted by atomic mass is 10.0. The first kappa shape index (κ1) is 103. The van der Waals surface area contributed by atoms with Crippen LogP contribution in [0, 0.1) is 0 Å². The second-order valence-electron chi connectivity index (χ2n) is 34.0. The molecule has 16 rings (SSSR count). The minimum atomic E-state index is -0.392. The van der Waals surface area contributed by atoms with Crippen LogP contribution in [0.25, 0.3) is 33.8 Å². The molecule has 0 unspecified atom stereocenters. The monoisotopic (exact) mass is 1940 g/mol. The fraction of sp³-hybridized carbons (Fsp3) is 0.316. The Morgan fingerprint density at radius 3 is 0.754 bits per heavy atom. The molecule has 0 aliphatic carbocycles. The first-order chi connectivity index (χ1) is 65.6. The van der Waals surface area contributed by atoms with E-state index in [1.54, 1.807) is 83.8 Å². The summed E-state index contributed by atoms with van der Waals surface area (Å²) in [6.45, 7) is 4.58. The van der Waals surface area contributed by atoms with E-state index in [0.717, 1.165) is 68.7 Å². The van der Waals surface area contributed by atoms with Crippen molar-refractivity contribution in [3.05, 3.63) is 327 Å². The van der Waals surface area contributed by atoms with E-state index in [1.165, 1.54) is 215 Å². The number of amides is 3. The molecule has 0 spiro atoms. The highest BCUT2D eigenvalue weighted by atomic mass is 35.5. The normalized spacial score (nSPS) is 12.2. The van der Waals surface area contributed by atoms with Crippen LogP contribution in [-0.2, 0) is 0 Å². The summed E-state index contributed by atoms with van der Waals surface area (Å²) < 4.78 is 0. The van der Waals surface area contributed by atoms with Crippen LogP contribution in [0.1, 0.15) is 284 Å². The molecule has 3 aliphatic heterocycles. The van der Waals surface area contributed by atoms with Crippen LogP contribution in [0.3, 0.4) is 0 Å². The summed E-state index contributed by atoms with van der Waals surface area (Å²) in [7, 11) is 0. The van der Waals surface area contributed by atoms with Crippen molar-refractivity contribution in [3.63, 3.8) is 0 Å². The van der Waals surface area contributed by atoms with Gasteiger partial charge in [-0.05, 0) is 162 Å². The lowest BCUT2D eigenvalue weighted by Gasteiger charge is -2.05. The lowest BCUT2D eigenvalue weighted by Crippen LogP contribution is -1.99. The molecule has 698 valence electrons. The number of nitrogens with one attached hydrogen (secondary N) is 3. The molecular formula is C114H126Cl2N6O6S6. The Hall–Kier alpha value is -9.86. The van der Waals surface area contributed by atoms with E-state index in [1.807, 2.05) is 182 Å². The summed E-state index contributed by atoms with van der Waals surface area (Å²) in [5, 5.41) is 33.2. The zero-order valence-corrected chi connectivity index (χ0v) is 83.7. The highest BCUT2D eigenvalue weighted by Crippen LogP contribution is 2.44. The van der Waals surface area contributed by atoms with Gasteiger partial charge in [-0.1, -0.05) is 411 Å². The third-order valence-electron chi connectivity index (χ3n) is 23.7. The van der Waals surface area contributed by atoms with Crippen LogP contribution in [0.15, 0.2) is 321 Å². The van der Waals surface area contributed by atoms with Gasteiger partial charge in [0, 0.05) is 65.9 Å². The Morgan fingerprint density at radius 2 is 0.493 bits per heavy atom. The Morgan fingerprint density at radius 1 is 0.269 bits per heavy atom. The van der Waals surface area contributed by atoms with Crippen LogP contribution < -0.4 is 0 Å². The number of halogens is 2. The summed E-state index contributed by atoms with van der Waals surface area (Å²) in [5.74, 6) is 0.969. The molecule has 13 aromatic rings. The standard InChI is InChI=1S/C42H52N2O2S2.C30H20N2O2S2.C18H10Cl2N2O2.C18H38S.C6H6S/c1-2-3-4-5-6-7-8-9-10-11-12-13-14-15-16-20-31-47-34-27-23-32(24-28-34)39-37-38(42(46)43-39)40(44-41(37)45)33-25-29-36(30-26-33)48-35-21-18-17-19-22-35;33-29-25-26(28(32-29)20-13-17-24(18-14-20)36-22-9-5-2-6-10-22)30(34)31-27(25)19-11-15-23(16-12-19)35-21-7-3-1-4-8-21;19-11-5-1-9(2-6-11)15-13-14(18(24)21-15)16(22-17(13)23)10-3-7-12(20)8-4-10;1-2-3-4-5-6-7-8-9-10-11-12-13-14-15-16-17-18-19;7-6-4-2-1-3-5-6/h17-19,21-30,43,46H,2-16,20,31H2,1H3;1-18,31,34H;1-8,21,24H;19H,2-18H2,1H3;1-5,7H. The molecule has 134 heavy (non-hydrogen) atoms. The fourth-order valence-corrected chi connectivity index (χ4v) is 20.6. The number of aliphatic imine (C=N–C) groups is 3. The molecule has 0 saturated heterocycles. The first-order valence-corrected chi connectivity index (χ1v) is 53.3. The van der Waals surface area contributed by atoms with Gasteiger partial charge in [0.05, 0.1) is 67.6 Å². The number of aromatic nitrogens is 3. The summed E-state index contributed by atoms with van der Waals surface area (Å²) in [6.07, 6.45) is 45.4. The maximum Gasteiger partial charge on any atom is 0.280 e. The predicted molar refractivity (Wildman–Crippen MR) is 572 cm³/mol. The van der Waals surface area contributed by atoms with Crippen molar-refractivity contribution in [2.75, 3.05) is 11.5 Å². The van der Waals surface area contributed by atoms with Gasteiger partial charge in [-0.3, -0.25) is 14.4 Å². The van der Waals surface area contributed by atoms with E-state index in [0.29, 0.717) is 83.2 Å². The van der Waals surface area contributed by atoms with Crippen molar-refractivity contribution in [1.29, 1.82) is 0 Å². The molecule has 0 saturated carbocycles. The highest BCUT2D eigenvalue weighted by molar-refractivity contribution is 8.00. The molecule has 12 nitrogen and oxygen atoms in total. The van der Waals surface area contributed by atoms with E-state index in [4.69, 9.17) is 23.2 Å². The number of H-pyrrole nitrogens is 3. The van der Waals surface area contributed by atoms with Gasteiger partial charge in [0.15, 0.2) is 17.6 Å². The topological polar surface area (TPSA) is 196 Å². The van der Waals surface area contributed by atoms with Crippen LogP contribution in [0.5, 0.6) is 17.6 Å². The molecule has 20 heteroatoms. The maximum atomic E-state index is 13.1. The number of benzene rings is 10. The highest BCUT2D eigenvalue weighted by Gasteiger charge is 2.37. The number of hydrogen-bond acceptors (Lipinski definition) is 12. The van der Waals surface area contributed by atoms with Crippen LogP contribution >= 0.6 is 95.5 Å². The maximum absolute atomic E-state index is 13.1. The van der Waals surface area contributed by atoms with Crippen LogP contribution in [0.2, 0.25) is 10.0 Å². The van der Waals surface area contributed by atoms with E-state index in [2.05, 4.69) is 118 Å². The predicted octanol–water partition coefficient (Wildman–Crippen LogP) is 34.4. The van der Waals surface area contributed by atoms with Gasteiger partial charge >= 0.3 is 0 Å². The van der Waals surface area contributed by atoms with Gasteiger partial charge in [-0.2, -0.15) is 12.6 Å². The summed E-state index contributed by atoms with van der Waals surface area (Å²) in [6, 6.07) is 86.4. The smallest absolute Gasteiger partial charge is 0.280 e. The second kappa shape index (κ2) is 56.6. The molecule has 3 aromatic heterocycles. The second-order valence-corrected chi connectivity index (χ2v) is 40.4. The number of thiol groups is 2. The molecule has 0 bridgehead atoms. The average molecular weight is 1940 g/mol. The van der Waals surface area contributed by atoms with Gasteiger partial charge in [-0.15, -0.1) is 24.4 Å². The number of aromatic hydroxyl groups is 3. The average Bonchev–Trinajstić information content (AvgIpc) is 1.60. The third kappa shape index (κ3) is 31.9. The number of carbonyl (C=O) groups is 3. The summed E-state index contributed by atoms with van der Waals surface area (Å²) >= 11 is 27.0. The third-order valence-corrected chi connectivity index (χ3v) is 29.0. The van der Waals surface area contributed by atoms with Crippen molar-refractivity contribution < 1.29 is 29.7 Å². The molecule has 0 fully saturated rings.